The maximum absolute atomic E-state index is 12.4. The van der Waals surface area contributed by atoms with Gasteiger partial charge in [0.1, 0.15) is 5.75 Å². The number of para-hydroxylation sites is 2. The average Bonchev–Trinajstić information content (AvgIpc) is 2.60. The van der Waals surface area contributed by atoms with Gasteiger partial charge in [0, 0.05) is 19.5 Å². The minimum absolute atomic E-state index is 0. The fourth-order valence-corrected chi connectivity index (χ4v) is 2.93. The number of carbonyl (C=O) groups excluding carboxylic acids is 2. The van der Waals surface area contributed by atoms with Gasteiger partial charge in [-0.3, -0.25) is 9.59 Å². The Morgan fingerprint density at radius 2 is 1.96 bits per heavy atom. The molecule has 0 aliphatic carbocycles. The molecule has 3 N–H and O–H groups in total. The van der Waals surface area contributed by atoms with Crippen LogP contribution < -0.4 is 20.7 Å². The molecule has 0 saturated heterocycles. The van der Waals surface area contributed by atoms with Crippen LogP contribution in [0.15, 0.2) is 24.3 Å². The smallest absolute Gasteiger partial charge is 0.267 e. The molecule has 2 amide bonds. The van der Waals surface area contributed by atoms with Crippen molar-refractivity contribution < 1.29 is 14.3 Å². The Morgan fingerprint density at radius 3 is 2.56 bits per heavy atom. The third kappa shape index (κ3) is 4.64. The molecule has 1 atom stereocenters. The van der Waals surface area contributed by atoms with Crippen LogP contribution in [0.3, 0.4) is 0 Å². The highest BCUT2D eigenvalue weighted by Gasteiger charge is 2.32. The molecule has 6 nitrogen and oxygen atoms in total. The number of nitrogens with zero attached hydrogens (tertiary/aromatic N) is 1. The normalized spacial score (nSPS) is 16.6. The number of nitrogens with one attached hydrogen (secondary N) is 1. The lowest BCUT2D eigenvalue weighted by molar-refractivity contribution is -0.126. The Labute approximate surface area is 155 Å². The van der Waals surface area contributed by atoms with Gasteiger partial charge in [0.15, 0.2) is 6.10 Å². The van der Waals surface area contributed by atoms with Crippen molar-refractivity contribution in [3.63, 3.8) is 0 Å². The molecular weight excluding hydrogens is 342 g/mol. The Kier molecular flexibility index (Phi) is 7.70. The van der Waals surface area contributed by atoms with Crippen molar-refractivity contribution >= 4 is 29.9 Å². The zero-order chi connectivity index (χ0) is 17.7. The number of halogens is 1. The Hall–Kier alpha value is -1.79. The number of amides is 2. The minimum atomic E-state index is -0.544. The van der Waals surface area contributed by atoms with Gasteiger partial charge >= 0.3 is 0 Å². The van der Waals surface area contributed by atoms with E-state index in [1.807, 2.05) is 38.1 Å². The minimum Gasteiger partial charge on any atom is -0.479 e. The highest BCUT2D eigenvalue weighted by molar-refractivity contribution is 6.00. The van der Waals surface area contributed by atoms with Crippen LogP contribution in [0.4, 0.5) is 5.69 Å². The lowest BCUT2D eigenvalue weighted by Crippen LogP contribution is -2.53. The Balaban J connectivity index is 0.00000312. The molecule has 0 radical (unpaired) electrons. The third-order valence-corrected chi connectivity index (χ3v) is 4.78. The van der Waals surface area contributed by atoms with Crippen molar-refractivity contribution in [2.24, 2.45) is 5.73 Å². The predicted molar refractivity (Wildman–Crippen MR) is 101 cm³/mol. The van der Waals surface area contributed by atoms with Crippen molar-refractivity contribution in [3.05, 3.63) is 24.3 Å². The number of rotatable bonds is 7. The second-order valence-corrected chi connectivity index (χ2v) is 6.21. The fourth-order valence-electron chi connectivity index (χ4n) is 2.93. The van der Waals surface area contributed by atoms with Crippen LogP contribution in [0.25, 0.3) is 0 Å². The van der Waals surface area contributed by atoms with Gasteiger partial charge in [-0.1, -0.05) is 26.0 Å². The van der Waals surface area contributed by atoms with E-state index in [4.69, 9.17) is 10.5 Å². The zero-order valence-corrected chi connectivity index (χ0v) is 15.9. The summed E-state index contributed by atoms with van der Waals surface area (Å²) in [6.45, 7) is 6.48. The molecule has 1 heterocycles. The number of carbonyl (C=O) groups is 2. The highest BCUT2D eigenvalue weighted by Crippen LogP contribution is 2.33. The first-order chi connectivity index (χ1) is 11.5. The van der Waals surface area contributed by atoms with Gasteiger partial charge in [-0.05, 0) is 31.9 Å². The Bertz CT molecular complexity index is 597. The molecule has 1 aliphatic rings. The molecule has 1 aromatic carbocycles. The summed E-state index contributed by atoms with van der Waals surface area (Å²) in [7, 11) is 0. The lowest BCUT2D eigenvalue weighted by atomic mass is 9.93. The molecule has 0 saturated carbocycles. The van der Waals surface area contributed by atoms with Gasteiger partial charge in [-0.2, -0.15) is 0 Å². The third-order valence-electron chi connectivity index (χ3n) is 4.78. The summed E-state index contributed by atoms with van der Waals surface area (Å²) < 4.78 is 5.61. The molecule has 1 aromatic rings. The van der Waals surface area contributed by atoms with E-state index in [0.29, 0.717) is 24.5 Å². The number of ether oxygens (including phenoxy) is 1. The second kappa shape index (κ2) is 9.06. The maximum atomic E-state index is 12.4. The van der Waals surface area contributed by atoms with Gasteiger partial charge in [0.05, 0.1) is 11.2 Å². The van der Waals surface area contributed by atoms with Crippen LogP contribution >= 0.6 is 12.4 Å². The van der Waals surface area contributed by atoms with E-state index in [2.05, 4.69) is 5.32 Å². The predicted octanol–water partition coefficient (Wildman–Crippen LogP) is 2.25. The standard InChI is InChI=1S/C18H27N3O3.ClH/c1-4-18(5-2,12-19)20-16(22)10-11-21-14-8-6-7-9-15(14)24-13(3)17(21)23;/h6-9,13H,4-5,10-12,19H2,1-3H3,(H,20,22);1H. The second-order valence-electron chi connectivity index (χ2n) is 6.21. The van der Waals surface area contributed by atoms with Crippen molar-refractivity contribution in [1.82, 2.24) is 5.32 Å². The fraction of sp³-hybridized carbons (Fsp3) is 0.556. The Morgan fingerprint density at radius 1 is 1.32 bits per heavy atom. The van der Waals surface area contributed by atoms with Crippen molar-refractivity contribution in [2.75, 3.05) is 18.0 Å². The zero-order valence-electron chi connectivity index (χ0n) is 15.1. The van der Waals surface area contributed by atoms with E-state index in [-0.39, 0.29) is 36.2 Å². The molecule has 0 fully saturated rings. The van der Waals surface area contributed by atoms with Crippen molar-refractivity contribution in [2.45, 2.75) is 51.7 Å². The first kappa shape index (κ1) is 21.3. The first-order valence-electron chi connectivity index (χ1n) is 8.54. The number of hydrogen-bond donors (Lipinski definition) is 2. The molecule has 0 aromatic heterocycles. The van der Waals surface area contributed by atoms with E-state index in [0.717, 1.165) is 12.8 Å². The van der Waals surface area contributed by atoms with Gasteiger partial charge in [0.25, 0.3) is 5.91 Å². The molecule has 0 spiro atoms. The molecule has 1 unspecified atom stereocenters. The summed E-state index contributed by atoms with van der Waals surface area (Å²) >= 11 is 0. The van der Waals surface area contributed by atoms with E-state index >= 15 is 0 Å². The van der Waals surface area contributed by atoms with Crippen LogP contribution in [0.1, 0.15) is 40.0 Å². The van der Waals surface area contributed by atoms with Gasteiger partial charge < -0.3 is 20.7 Å². The number of anilines is 1. The quantitative estimate of drug-likeness (QED) is 0.772. The molecule has 0 bridgehead atoms. The van der Waals surface area contributed by atoms with E-state index in [1.54, 1.807) is 11.8 Å². The van der Waals surface area contributed by atoms with Crippen LogP contribution in [-0.4, -0.2) is 36.5 Å². The highest BCUT2D eigenvalue weighted by atomic mass is 35.5. The van der Waals surface area contributed by atoms with Gasteiger partial charge in [0.2, 0.25) is 5.91 Å². The summed E-state index contributed by atoms with van der Waals surface area (Å²) in [4.78, 5) is 26.4. The van der Waals surface area contributed by atoms with Gasteiger partial charge in [-0.25, -0.2) is 0 Å². The van der Waals surface area contributed by atoms with Gasteiger partial charge in [-0.15, -0.1) is 12.4 Å². The topological polar surface area (TPSA) is 84.7 Å². The summed E-state index contributed by atoms with van der Waals surface area (Å²) in [6.07, 6.45) is 1.25. The monoisotopic (exact) mass is 369 g/mol. The van der Waals surface area contributed by atoms with Crippen LogP contribution in [0.2, 0.25) is 0 Å². The number of benzene rings is 1. The lowest BCUT2D eigenvalue weighted by Gasteiger charge is -2.34. The van der Waals surface area contributed by atoms with Crippen molar-refractivity contribution in [3.8, 4) is 5.75 Å². The number of nitrogens with two attached hydrogens (primary N) is 1. The summed E-state index contributed by atoms with van der Waals surface area (Å²) in [5.74, 6) is 0.453. The van der Waals surface area contributed by atoms with Crippen LogP contribution in [0.5, 0.6) is 5.75 Å². The SMILES string of the molecule is CCC(CC)(CN)NC(=O)CCN1C(=O)C(C)Oc2ccccc21.Cl. The summed E-state index contributed by atoms with van der Waals surface area (Å²) in [6, 6.07) is 7.38. The molecule has 2 rings (SSSR count). The van der Waals surface area contributed by atoms with Crippen LogP contribution in [0, 0.1) is 0 Å². The molecular formula is C18H28ClN3O3. The molecule has 25 heavy (non-hydrogen) atoms. The molecule has 140 valence electrons. The summed E-state index contributed by atoms with van der Waals surface area (Å²) in [5, 5.41) is 3.04. The van der Waals surface area contributed by atoms with Crippen molar-refractivity contribution in [1.29, 1.82) is 0 Å². The van der Waals surface area contributed by atoms with E-state index < -0.39 is 6.10 Å². The molecule has 7 heteroatoms. The first-order valence-corrected chi connectivity index (χ1v) is 8.54. The average molecular weight is 370 g/mol. The summed E-state index contributed by atoms with van der Waals surface area (Å²) in [5.41, 5.74) is 6.17. The molecule has 1 aliphatic heterocycles. The largest absolute Gasteiger partial charge is 0.479 e. The van der Waals surface area contributed by atoms with Crippen LogP contribution in [-0.2, 0) is 9.59 Å². The maximum Gasteiger partial charge on any atom is 0.267 e. The van der Waals surface area contributed by atoms with E-state index in [1.165, 1.54) is 0 Å². The van der Waals surface area contributed by atoms with E-state index in [9.17, 15) is 9.59 Å². The number of fused-ring (bicyclic) bond motifs is 1. The number of hydrogen-bond acceptors (Lipinski definition) is 4.